The second-order valence-corrected chi connectivity index (χ2v) is 8.41. The molecule has 1 fully saturated rings. The van der Waals surface area contributed by atoms with Crippen LogP contribution >= 0.6 is 0 Å². The summed E-state index contributed by atoms with van der Waals surface area (Å²) in [7, 11) is 1.63. The molecule has 0 saturated carbocycles. The molecule has 1 aliphatic rings. The number of nitrogens with one attached hydrogen (secondary N) is 1. The van der Waals surface area contributed by atoms with Gasteiger partial charge < -0.3 is 15.0 Å². The zero-order valence-electron chi connectivity index (χ0n) is 19.6. The lowest BCUT2D eigenvalue weighted by Crippen LogP contribution is -2.49. The molecule has 0 unspecified atom stereocenters. The number of rotatable bonds is 7. The molecule has 1 aromatic heterocycles. The molecule has 3 aromatic rings. The van der Waals surface area contributed by atoms with Gasteiger partial charge in [0, 0.05) is 69.2 Å². The van der Waals surface area contributed by atoms with Gasteiger partial charge in [0.25, 0.3) is 5.91 Å². The zero-order chi connectivity index (χ0) is 23.9. The fourth-order valence-electron chi connectivity index (χ4n) is 4.28. The highest BCUT2D eigenvalue weighted by Crippen LogP contribution is 2.30. The summed E-state index contributed by atoms with van der Waals surface area (Å²) in [6.07, 6.45) is 3.55. The van der Waals surface area contributed by atoms with Crippen LogP contribution in [0.5, 0.6) is 5.75 Å². The van der Waals surface area contributed by atoms with Crippen LogP contribution in [0.4, 0.5) is 0 Å². The van der Waals surface area contributed by atoms with Gasteiger partial charge in [-0.1, -0.05) is 36.4 Å². The Morgan fingerprint density at radius 1 is 1.09 bits per heavy atom. The number of amides is 2. The smallest absolute Gasteiger partial charge is 0.251 e. The normalized spacial score (nSPS) is 16.2. The number of carbonyl (C=O) groups excluding carboxylic acids is 2. The second kappa shape index (κ2) is 10.9. The van der Waals surface area contributed by atoms with Crippen LogP contribution in [0, 0.1) is 0 Å². The van der Waals surface area contributed by atoms with Crippen molar-refractivity contribution < 1.29 is 14.3 Å². The molecule has 2 amide bonds. The van der Waals surface area contributed by atoms with E-state index in [0.29, 0.717) is 31.8 Å². The maximum Gasteiger partial charge on any atom is 0.251 e. The highest BCUT2D eigenvalue weighted by molar-refractivity contribution is 5.94. The van der Waals surface area contributed by atoms with Gasteiger partial charge >= 0.3 is 0 Å². The molecule has 7 nitrogen and oxygen atoms in total. The molecule has 2 aromatic carbocycles. The highest BCUT2D eigenvalue weighted by Gasteiger charge is 2.30. The first kappa shape index (κ1) is 23.4. The van der Waals surface area contributed by atoms with E-state index in [1.807, 2.05) is 53.4 Å². The molecule has 1 N–H and O–H groups in total. The number of carbonyl (C=O) groups is 2. The summed E-state index contributed by atoms with van der Waals surface area (Å²) in [4.78, 5) is 32.8. The van der Waals surface area contributed by atoms with Crippen LogP contribution in [0.2, 0.25) is 0 Å². The highest BCUT2D eigenvalue weighted by atomic mass is 16.5. The lowest BCUT2D eigenvalue weighted by atomic mass is 9.98. The van der Waals surface area contributed by atoms with Crippen molar-refractivity contribution >= 4 is 11.8 Å². The number of ether oxygens (including phenoxy) is 1. The molecule has 2 heterocycles. The summed E-state index contributed by atoms with van der Waals surface area (Å²) in [5, 5.41) is 2.69. The van der Waals surface area contributed by atoms with E-state index < -0.39 is 0 Å². The van der Waals surface area contributed by atoms with Gasteiger partial charge in [0.05, 0.1) is 6.04 Å². The zero-order valence-corrected chi connectivity index (χ0v) is 19.6. The van der Waals surface area contributed by atoms with Crippen molar-refractivity contribution in [3.05, 3.63) is 95.3 Å². The van der Waals surface area contributed by atoms with Crippen molar-refractivity contribution in [2.75, 3.05) is 26.7 Å². The Hall–Kier alpha value is -3.71. The summed E-state index contributed by atoms with van der Waals surface area (Å²) in [6, 6.07) is 19.6. The maximum atomic E-state index is 12.2. The fraction of sp³-hybridized carbons (Fsp3) is 0.296. The molecule has 0 spiro atoms. The van der Waals surface area contributed by atoms with Gasteiger partial charge in [-0.05, 0) is 29.8 Å². The number of hydrogen-bond donors (Lipinski definition) is 1. The molecule has 7 heteroatoms. The maximum absolute atomic E-state index is 12.2. The first-order valence-electron chi connectivity index (χ1n) is 11.5. The monoisotopic (exact) mass is 458 g/mol. The predicted octanol–water partition coefficient (Wildman–Crippen LogP) is 3.43. The van der Waals surface area contributed by atoms with Crippen molar-refractivity contribution in [2.24, 2.45) is 0 Å². The minimum Gasteiger partial charge on any atom is -0.489 e. The first-order valence-corrected chi connectivity index (χ1v) is 11.5. The number of nitrogens with zero attached hydrogens (tertiary/aromatic N) is 3. The molecular weight excluding hydrogens is 428 g/mol. The van der Waals surface area contributed by atoms with Crippen molar-refractivity contribution in [1.29, 1.82) is 0 Å². The summed E-state index contributed by atoms with van der Waals surface area (Å²) < 4.78 is 6.15. The number of aromatic nitrogens is 1. The third-order valence-corrected chi connectivity index (χ3v) is 6.16. The van der Waals surface area contributed by atoms with E-state index >= 15 is 0 Å². The molecule has 176 valence electrons. The standard InChI is InChI=1S/C27H30N4O3/c1-20(32)30-13-14-31(25(18-30)22-9-5-10-23(15-22)27(33)28-2)17-24-8-3-4-11-26(24)34-19-21-7-6-12-29-16-21/h3-12,15-16,25H,13-14,17-19H2,1-2H3,(H,28,33)/t25-/m1/s1. The predicted molar refractivity (Wildman–Crippen MR) is 130 cm³/mol. The van der Waals surface area contributed by atoms with E-state index in [4.69, 9.17) is 4.74 Å². The summed E-state index contributed by atoms with van der Waals surface area (Å²) >= 11 is 0. The largest absolute Gasteiger partial charge is 0.489 e. The van der Waals surface area contributed by atoms with E-state index in [-0.39, 0.29) is 17.9 Å². The summed E-state index contributed by atoms with van der Waals surface area (Å²) in [5.74, 6) is 0.771. The van der Waals surface area contributed by atoms with E-state index in [9.17, 15) is 9.59 Å². The Kier molecular flexibility index (Phi) is 7.54. The molecule has 1 saturated heterocycles. The molecule has 0 bridgehead atoms. The van der Waals surface area contributed by atoms with Gasteiger partial charge in [0.15, 0.2) is 0 Å². The topological polar surface area (TPSA) is 74.8 Å². The van der Waals surface area contributed by atoms with Gasteiger partial charge in [0.2, 0.25) is 5.91 Å². The van der Waals surface area contributed by atoms with Crippen LogP contribution < -0.4 is 10.1 Å². The molecule has 0 aliphatic carbocycles. The number of piperazine rings is 1. The van der Waals surface area contributed by atoms with Crippen LogP contribution in [0.15, 0.2) is 73.1 Å². The fourth-order valence-corrected chi connectivity index (χ4v) is 4.28. The first-order chi connectivity index (χ1) is 16.5. The Labute approximate surface area is 200 Å². The van der Waals surface area contributed by atoms with Crippen molar-refractivity contribution in [3.63, 3.8) is 0 Å². The minimum atomic E-state index is -0.123. The van der Waals surface area contributed by atoms with E-state index in [0.717, 1.165) is 29.0 Å². The van der Waals surface area contributed by atoms with Gasteiger partial charge in [-0.2, -0.15) is 0 Å². The van der Waals surface area contributed by atoms with Gasteiger partial charge in [-0.25, -0.2) is 0 Å². The molecule has 1 aliphatic heterocycles. The SMILES string of the molecule is CNC(=O)c1cccc([C@H]2CN(C(C)=O)CCN2Cc2ccccc2OCc2cccnc2)c1. The lowest BCUT2D eigenvalue weighted by Gasteiger charge is -2.41. The lowest BCUT2D eigenvalue weighted by molar-refractivity contribution is -0.132. The number of benzene rings is 2. The van der Waals surface area contributed by atoms with E-state index in [2.05, 4.69) is 21.3 Å². The van der Waals surface area contributed by atoms with Crippen LogP contribution in [0.3, 0.4) is 0 Å². The van der Waals surface area contributed by atoms with Crippen LogP contribution in [0.25, 0.3) is 0 Å². The quantitative estimate of drug-likeness (QED) is 0.587. The Morgan fingerprint density at radius 2 is 1.94 bits per heavy atom. The number of hydrogen-bond acceptors (Lipinski definition) is 5. The number of para-hydroxylation sites is 1. The molecule has 1 atom stereocenters. The molecule has 4 rings (SSSR count). The summed E-state index contributed by atoms with van der Waals surface area (Å²) in [6.45, 7) is 4.69. The molecular formula is C27H30N4O3. The van der Waals surface area contributed by atoms with Crippen molar-refractivity contribution in [3.8, 4) is 5.75 Å². The average Bonchev–Trinajstić information content (AvgIpc) is 2.88. The van der Waals surface area contributed by atoms with Crippen molar-refractivity contribution in [1.82, 2.24) is 20.1 Å². The van der Waals surface area contributed by atoms with E-state index in [1.165, 1.54) is 0 Å². The molecule has 34 heavy (non-hydrogen) atoms. The van der Waals surface area contributed by atoms with Crippen LogP contribution in [-0.2, 0) is 17.9 Å². The van der Waals surface area contributed by atoms with Gasteiger partial charge in [-0.15, -0.1) is 0 Å². The van der Waals surface area contributed by atoms with Gasteiger partial charge in [-0.3, -0.25) is 19.5 Å². The van der Waals surface area contributed by atoms with E-state index in [1.54, 1.807) is 32.4 Å². The Balaban J connectivity index is 1.57. The van der Waals surface area contributed by atoms with Gasteiger partial charge in [0.1, 0.15) is 12.4 Å². The minimum absolute atomic E-state index is 0.0337. The van der Waals surface area contributed by atoms with Crippen LogP contribution in [-0.4, -0.2) is 53.3 Å². The van der Waals surface area contributed by atoms with Crippen LogP contribution in [0.1, 0.15) is 40.0 Å². The number of pyridine rings is 1. The second-order valence-electron chi connectivity index (χ2n) is 8.41. The third-order valence-electron chi connectivity index (χ3n) is 6.16. The molecule has 0 radical (unpaired) electrons. The Bertz CT molecular complexity index is 1140. The summed E-state index contributed by atoms with van der Waals surface area (Å²) in [5.41, 5.74) is 3.72. The third kappa shape index (κ3) is 5.61. The Morgan fingerprint density at radius 3 is 2.71 bits per heavy atom. The average molecular weight is 459 g/mol. The van der Waals surface area contributed by atoms with Crippen molar-refractivity contribution in [2.45, 2.75) is 26.1 Å².